The smallest absolute Gasteiger partial charge is 0.263 e. The molecule has 2 nitrogen and oxygen atoms in total. The minimum atomic E-state index is -0.394. The number of hydrogen-bond donors (Lipinski definition) is 0. The molecule has 0 fully saturated rings. The fourth-order valence-corrected chi connectivity index (χ4v) is 2.81. The summed E-state index contributed by atoms with van der Waals surface area (Å²) >= 11 is 7.38. The average molecular weight is 298 g/mol. The van der Waals surface area contributed by atoms with Crippen molar-refractivity contribution in [3.63, 3.8) is 0 Å². The third kappa shape index (κ3) is 3.14. The standard InChI is InChI=1S/C14H13ClFNOS/c1-9-6-7-13(19-9)14(18)17(2)8-10-11(15)4-3-5-12(10)16/h3-7H,8H2,1-2H3. The number of hydrogen-bond acceptors (Lipinski definition) is 2. The van der Waals surface area contributed by atoms with E-state index in [-0.39, 0.29) is 12.5 Å². The van der Waals surface area contributed by atoms with E-state index in [9.17, 15) is 9.18 Å². The van der Waals surface area contributed by atoms with Gasteiger partial charge < -0.3 is 4.90 Å². The SMILES string of the molecule is Cc1ccc(C(=O)N(C)Cc2c(F)cccc2Cl)s1. The van der Waals surface area contributed by atoms with E-state index in [4.69, 9.17) is 11.6 Å². The van der Waals surface area contributed by atoms with Crippen LogP contribution in [0.3, 0.4) is 0 Å². The Kier molecular flexibility index (Phi) is 4.22. The lowest BCUT2D eigenvalue weighted by atomic mass is 10.2. The van der Waals surface area contributed by atoms with Gasteiger partial charge in [0, 0.05) is 22.5 Å². The van der Waals surface area contributed by atoms with Crippen molar-refractivity contribution in [3.8, 4) is 0 Å². The summed E-state index contributed by atoms with van der Waals surface area (Å²) in [6.45, 7) is 2.09. The number of amides is 1. The van der Waals surface area contributed by atoms with Crippen LogP contribution >= 0.6 is 22.9 Å². The zero-order valence-electron chi connectivity index (χ0n) is 10.6. The van der Waals surface area contributed by atoms with Crippen LogP contribution in [0.15, 0.2) is 30.3 Å². The molecular weight excluding hydrogens is 285 g/mol. The Balaban J connectivity index is 2.17. The molecule has 100 valence electrons. The second-order valence-electron chi connectivity index (χ2n) is 4.27. The van der Waals surface area contributed by atoms with E-state index in [1.54, 1.807) is 25.2 Å². The van der Waals surface area contributed by atoms with Crippen LogP contribution in [0, 0.1) is 12.7 Å². The summed E-state index contributed by atoms with van der Waals surface area (Å²) in [7, 11) is 1.64. The van der Waals surface area contributed by atoms with Gasteiger partial charge in [0.2, 0.25) is 0 Å². The summed E-state index contributed by atoms with van der Waals surface area (Å²) in [4.78, 5) is 15.3. The van der Waals surface area contributed by atoms with Crippen LogP contribution < -0.4 is 0 Å². The molecule has 0 saturated carbocycles. The minimum absolute atomic E-state index is 0.127. The van der Waals surface area contributed by atoms with Crippen molar-refractivity contribution >= 4 is 28.8 Å². The maximum Gasteiger partial charge on any atom is 0.263 e. The highest BCUT2D eigenvalue weighted by Crippen LogP contribution is 2.22. The largest absolute Gasteiger partial charge is 0.337 e. The zero-order chi connectivity index (χ0) is 14.0. The van der Waals surface area contributed by atoms with Crippen LogP contribution in [-0.4, -0.2) is 17.9 Å². The summed E-state index contributed by atoms with van der Waals surface area (Å²) in [5.74, 6) is -0.521. The molecule has 19 heavy (non-hydrogen) atoms. The summed E-state index contributed by atoms with van der Waals surface area (Å²) in [5, 5.41) is 0.335. The van der Waals surface area contributed by atoms with Gasteiger partial charge in [-0.1, -0.05) is 17.7 Å². The van der Waals surface area contributed by atoms with Crippen molar-refractivity contribution in [1.29, 1.82) is 0 Å². The first kappa shape index (κ1) is 14.0. The fraction of sp³-hybridized carbons (Fsp3) is 0.214. The Morgan fingerprint density at radius 2 is 2.11 bits per heavy atom. The number of rotatable bonds is 3. The first-order valence-corrected chi connectivity index (χ1v) is 6.93. The quantitative estimate of drug-likeness (QED) is 0.834. The Morgan fingerprint density at radius 3 is 2.68 bits per heavy atom. The molecule has 5 heteroatoms. The lowest BCUT2D eigenvalue weighted by Gasteiger charge is -2.17. The van der Waals surface area contributed by atoms with Crippen molar-refractivity contribution in [2.75, 3.05) is 7.05 Å². The monoisotopic (exact) mass is 297 g/mol. The van der Waals surface area contributed by atoms with Gasteiger partial charge in [0.1, 0.15) is 5.82 Å². The molecule has 0 atom stereocenters. The second-order valence-corrected chi connectivity index (χ2v) is 5.97. The van der Waals surface area contributed by atoms with Gasteiger partial charge in [-0.25, -0.2) is 4.39 Å². The molecule has 1 aromatic carbocycles. The highest BCUT2D eigenvalue weighted by molar-refractivity contribution is 7.13. The highest BCUT2D eigenvalue weighted by Gasteiger charge is 2.16. The van der Waals surface area contributed by atoms with Crippen molar-refractivity contribution < 1.29 is 9.18 Å². The van der Waals surface area contributed by atoms with Crippen molar-refractivity contribution in [2.45, 2.75) is 13.5 Å². The maximum absolute atomic E-state index is 13.7. The molecule has 1 heterocycles. The molecule has 0 saturated heterocycles. The van der Waals surface area contributed by atoms with E-state index in [0.717, 1.165) is 4.88 Å². The molecule has 0 unspecified atom stereocenters. The van der Waals surface area contributed by atoms with E-state index in [1.807, 2.05) is 13.0 Å². The number of carbonyl (C=O) groups is 1. The van der Waals surface area contributed by atoms with Crippen LogP contribution in [0.25, 0.3) is 0 Å². The van der Waals surface area contributed by atoms with Gasteiger partial charge >= 0.3 is 0 Å². The molecule has 2 rings (SSSR count). The molecule has 0 aliphatic carbocycles. The van der Waals surface area contributed by atoms with Crippen LogP contribution in [0.1, 0.15) is 20.1 Å². The third-order valence-electron chi connectivity index (χ3n) is 2.75. The Hall–Kier alpha value is -1.39. The van der Waals surface area contributed by atoms with E-state index in [1.165, 1.54) is 22.3 Å². The van der Waals surface area contributed by atoms with Gasteiger partial charge in [0.25, 0.3) is 5.91 Å². The zero-order valence-corrected chi connectivity index (χ0v) is 12.2. The predicted molar refractivity (Wildman–Crippen MR) is 76.3 cm³/mol. The molecule has 0 aliphatic heterocycles. The van der Waals surface area contributed by atoms with Crippen molar-refractivity contribution in [3.05, 3.63) is 56.5 Å². The van der Waals surface area contributed by atoms with Crippen LogP contribution in [-0.2, 0) is 6.54 Å². The average Bonchev–Trinajstić information content (AvgIpc) is 2.79. The molecule has 0 radical (unpaired) electrons. The van der Waals surface area contributed by atoms with Crippen LogP contribution in [0.5, 0.6) is 0 Å². The predicted octanol–water partition coefficient (Wildman–Crippen LogP) is 4.12. The normalized spacial score (nSPS) is 10.5. The van der Waals surface area contributed by atoms with Crippen LogP contribution in [0.2, 0.25) is 5.02 Å². The Morgan fingerprint density at radius 1 is 1.37 bits per heavy atom. The fourth-order valence-electron chi connectivity index (χ4n) is 1.73. The van der Waals surface area contributed by atoms with Crippen LogP contribution in [0.4, 0.5) is 4.39 Å². The summed E-state index contributed by atoms with van der Waals surface area (Å²) in [6.07, 6.45) is 0. The topological polar surface area (TPSA) is 20.3 Å². The molecule has 0 N–H and O–H groups in total. The highest BCUT2D eigenvalue weighted by atomic mass is 35.5. The van der Waals surface area contributed by atoms with Gasteiger partial charge in [-0.15, -0.1) is 11.3 Å². The summed E-state index contributed by atoms with van der Waals surface area (Å²) in [5.41, 5.74) is 0.341. The molecule has 1 aromatic heterocycles. The van der Waals surface area contributed by atoms with Gasteiger partial charge in [0.05, 0.1) is 11.4 Å². The van der Waals surface area contributed by atoms with Gasteiger partial charge in [0.15, 0.2) is 0 Å². The molecular formula is C14H13ClFNOS. The van der Waals surface area contributed by atoms with E-state index in [2.05, 4.69) is 0 Å². The lowest BCUT2D eigenvalue weighted by Crippen LogP contribution is -2.26. The first-order chi connectivity index (χ1) is 8.99. The summed E-state index contributed by atoms with van der Waals surface area (Å²) < 4.78 is 13.7. The van der Waals surface area contributed by atoms with Crippen molar-refractivity contribution in [1.82, 2.24) is 4.90 Å². The van der Waals surface area contributed by atoms with E-state index in [0.29, 0.717) is 15.5 Å². The lowest BCUT2D eigenvalue weighted by molar-refractivity contribution is 0.0788. The number of benzene rings is 1. The third-order valence-corrected chi connectivity index (χ3v) is 4.10. The molecule has 0 spiro atoms. The van der Waals surface area contributed by atoms with Gasteiger partial charge in [-0.2, -0.15) is 0 Å². The molecule has 0 bridgehead atoms. The Bertz CT molecular complexity index is 591. The molecule has 2 aromatic rings. The first-order valence-electron chi connectivity index (χ1n) is 5.74. The molecule has 0 aliphatic rings. The molecule has 1 amide bonds. The maximum atomic E-state index is 13.7. The van der Waals surface area contributed by atoms with Gasteiger partial charge in [-0.05, 0) is 31.2 Å². The summed E-state index contributed by atoms with van der Waals surface area (Å²) in [6, 6.07) is 8.18. The minimum Gasteiger partial charge on any atom is -0.337 e. The van der Waals surface area contributed by atoms with Gasteiger partial charge in [-0.3, -0.25) is 4.79 Å². The Labute approximate surface area is 120 Å². The number of thiophene rings is 1. The van der Waals surface area contributed by atoms with E-state index < -0.39 is 5.82 Å². The second kappa shape index (κ2) is 5.72. The number of carbonyl (C=O) groups excluding carboxylic acids is 1. The van der Waals surface area contributed by atoms with Crippen molar-refractivity contribution in [2.24, 2.45) is 0 Å². The number of halogens is 2. The number of aryl methyl sites for hydroxylation is 1. The van der Waals surface area contributed by atoms with E-state index >= 15 is 0 Å². The number of nitrogens with zero attached hydrogens (tertiary/aromatic N) is 1.